The number of anilines is 1. The van der Waals surface area contributed by atoms with Gasteiger partial charge < -0.3 is 10.5 Å². The van der Waals surface area contributed by atoms with Crippen molar-refractivity contribution in [2.45, 2.75) is 38.6 Å². The van der Waals surface area contributed by atoms with Crippen LogP contribution in [0.1, 0.15) is 38.6 Å². The number of ether oxygens (including phenoxy) is 1. The third-order valence-corrected chi connectivity index (χ3v) is 4.46. The lowest BCUT2D eigenvalue weighted by atomic mass is 9.99. The topological polar surface area (TPSA) is 78.8 Å². The maximum absolute atomic E-state index is 6.09. The Hall–Kier alpha value is -2.11. The van der Waals surface area contributed by atoms with Gasteiger partial charge in [-0.15, -0.1) is 5.10 Å². The molecule has 112 valence electrons. The van der Waals surface area contributed by atoms with Gasteiger partial charge in [0.2, 0.25) is 0 Å². The van der Waals surface area contributed by atoms with Crippen LogP contribution in [0.25, 0.3) is 11.4 Å². The number of hydrogen-bond donors (Lipinski definition) is 1. The van der Waals surface area contributed by atoms with Crippen molar-refractivity contribution in [3.8, 4) is 17.1 Å². The first-order chi connectivity index (χ1) is 10.2. The lowest BCUT2D eigenvalue weighted by molar-refractivity contribution is 0.332. The van der Waals surface area contributed by atoms with E-state index in [2.05, 4.69) is 22.4 Å². The van der Waals surface area contributed by atoms with E-state index in [0.29, 0.717) is 17.4 Å². The predicted octanol–water partition coefficient (Wildman–Crippen LogP) is 2.68. The quantitative estimate of drug-likeness (QED) is 0.875. The Morgan fingerprint density at radius 1 is 1.33 bits per heavy atom. The summed E-state index contributed by atoms with van der Waals surface area (Å²) < 4.78 is 7.18. The maximum Gasteiger partial charge on any atom is 0.184 e. The predicted molar refractivity (Wildman–Crippen MR) is 80.9 cm³/mol. The Labute approximate surface area is 124 Å². The fourth-order valence-corrected chi connectivity index (χ4v) is 3.14. The van der Waals surface area contributed by atoms with Crippen LogP contribution in [0.15, 0.2) is 18.2 Å². The van der Waals surface area contributed by atoms with Crippen LogP contribution in [0.2, 0.25) is 0 Å². The van der Waals surface area contributed by atoms with Gasteiger partial charge in [0.15, 0.2) is 5.82 Å². The molecule has 1 aliphatic rings. The van der Waals surface area contributed by atoms with Gasteiger partial charge in [0, 0.05) is 11.3 Å². The average molecular weight is 287 g/mol. The molecular weight excluding hydrogens is 266 g/mol. The Morgan fingerprint density at radius 2 is 2.10 bits per heavy atom. The maximum atomic E-state index is 6.09. The molecule has 0 spiro atoms. The minimum Gasteiger partial charge on any atom is -0.497 e. The number of rotatable bonds is 4. The number of nitrogens with zero attached hydrogens (tertiary/aromatic N) is 4. The SMILES string of the molecule is COc1ccc(N)c(-c2nnnn2C(C)C2CCCC2)c1. The molecule has 1 aliphatic carbocycles. The highest BCUT2D eigenvalue weighted by Crippen LogP contribution is 2.36. The van der Waals surface area contributed by atoms with Gasteiger partial charge in [0.05, 0.1) is 13.2 Å². The monoisotopic (exact) mass is 287 g/mol. The van der Waals surface area contributed by atoms with E-state index in [1.165, 1.54) is 25.7 Å². The van der Waals surface area contributed by atoms with E-state index in [4.69, 9.17) is 10.5 Å². The second-order valence-electron chi connectivity index (χ2n) is 5.69. The molecule has 0 aliphatic heterocycles. The molecule has 6 heteroatoms. The summed E-state index contributed by atoms with van der Waals surface area (Å²) in [5.74, 6) is 2.10. The van der Waals surface area contributed by atoms with Crippen LogP contribution in [-0.2, 0) is 0 Å². The molecule has 1 atom stereocenters. The zero-order valence-corrected chi connectivity index (χ0v) is 12.5. The molecule has 6 nitrogen and oxygen atoms in total. The average Bonchev–Trinajstić information content (AvgIpc) is 3.18. The Morgan fingerprint density at radius 3 is 2.81 bits per heavy atom. The second-order valence-corrected chi connectivity index (χ2v) is 5.69. The van der Waals surface area contributed by atoms with E-state index < -0.39 is 0 Å². The third kappa shape index (κ3) is 2.57. The molecule has 2 N–H and O–H groups in total. The standard InChI is InChI=1S/C15H21N5O/c1-10(11-5-3-4-6-11)20-15(17-18-19-20)13-9-12(21-2)7-8-14(13)16/h7-11H,3-6,16H2,1-2H3. The van der Waals surface area contributed by atoms with Gasteiger partial charge in [-0.3, -0.25) is 0 Å². The van der Waals surface area contributed by atoms with E-state index in [-0.39, 0.29) is 6.04 Å². The molecule has 1 fully saturated rings. The molecule has 1 unspecified atom stereocenters. The number of hydrogen-bond acceptors (Lipinski definition) is 5. The van der Waals surface area contributed by atoms with Crippen molar-refractivity contribution >= 4 is 5.69 Å². The van der Waals surface area contributed by atoms with Gasteiger partial charge in [0.25, 0.3) is 0 Å². The Kier molecular flexibility index (Phi) is 3.77. The van der Waals surface area contributed by atoms with E-state index >= 15 is 0 Å². The highest BCUT2D eigenvalue weighted by Gasteiger charge is 2.26. The molecule has 1 aromatic carbocycles. The number of aromatic nitrogens is 4. The van der Waals surface area contributed by atoms with E-state index in [0.717, 1.165) is 11.3 Å². The molecule has 2 aromatic rings. The number of tetrazole rings is 1. The van der Waals surface area contributed by atoms with Gasteiger partial charge in [-0.2, -0.15) is 0 Å². The first kappa shape index (κ1) is 13.9. The summed E-state index contributed by atoms with van der Waals surface area (Å²) in [4.78, 5) is 0. The van der Waals surface area contributed by atoms with Crippen molar-refractivity contribution in [2.75, 3.05) is 12.8 Å². The normalized spacial score (nSPS) is 17.0. The van der Waals surface area contributed by atoms with Crippen molar-refractivity contribution in [3.63, 3.8) is 0 Å². The number of nitrogens with two attached hydrogens (primary N) is 1. The van der Waals surface area contributed by atoms with Crippen LogP contribution >= 0.6 is 0 Å². The van der Waals surface area contributed by atoms with Crippen molar-refractivity contribution in [1.82, 2.24) is 20.2 Å². The molecular formula is C15H21N5O. The largest absolute Gasteiger partial charge is 0.497 e. The summed E-state index contributed by atoms with van der Waals surface area (Å²) in [6, 6.07) is 5.84. The first-order valence-electron chi connectivity index (χ1n) is 7.42. The highest BCUT2D eigenvalue weighted by atomic mass is 16.5. The summed E-state index contributed by atoms with van der Waals surface area (Å²) in [5.41, 5.74) is 7.57. The van der Waals surface area contributed by atoms with E-state index in [1.807, 2.05) is 22.9 Å². The summed E-state index contributed by atoms with van der Waals surface area (Å²) in [7, 11) is 1.64. The van der Waals surface area contributed by atoms with Crippen molar-refractivity contribution in [3.05, 3.63) is 18.2 Å². The molecule has 3 rings (SSSR count). The van der Waals surface area contributed by atoms with Crippen molar-refractivity contribution in [1.29, 1.82) is 0 Å². The van der Waals surface area contributed by atoms with Gasteiger partial charge in [-0.25, -0.2) is 4.68 Å². The Bertz CT molecular complexity index is 618. The lowest BCUT2D eigenvalue weighted by Gasteiger charge is -2.20. The number of benzene rings is 1. The zero-order chi connectivity index (χ0) is 14.8. The third-order valence-electron chi connectivity index (χ3n) is 4.46. The number of methoxy groups -OCH3 is 1. The van der Waals surface area contributed by atoms with Crippen molar-refractivity contribution < 1.29 is 4.74 Å². The van der Waals surface area contributed by atoms with Crippen molar-refractivity contribution in [2.24, 2.45) is 5.92 Å². The van der Waals surface area contributed by atoms with Crippen LogP contribution in [0, 0.1) is 5.92 Å². The van der Waals surface area contributed by atoms with Crippen LogP contribution < -0.4 is 10.5 Å². The smallest absolute Gasteiger partial charge is 0.184 e. The van der Waals surface area contributed by atoms with Gasteiger partial charge in [-0.05, 0) is 54.3 Å². The van der Waals surface area contributed by atoms with Crippen LogP contribution in [0.5, 0.6) is 5.75 Å². The molecule has 0 saturated heterocycles. The fourth-order valence-electron chi connectivity index (χ4n) is 3.14. The highest BCUT2D eigenvalue weighted by molar-refractivity contribution is 5.73. The summed E-state index contributed by atoms with van der Waals surface area (Å²) in [6.45, 7) is 2.19. The minimum absolute atomic E-state index is 0.281. The fraction of sp³-hybridized carbons (Fsp3) is 0.533. The van der Waals surface area contributed by atoms with Gasteiger partial charge in [0.1, 0.15) is 5.75 Å². The molecule has 0 amide bonds. The van der Waals surface area contributed by atoms with Gasteiger partial charge >= 0.3 is 0 Å². The second kappa shape index (κ2) is 5.71. The molecule has 0 bridgehead atoms. The zero-order valence-electron chi connectivity index (χ0n) is 12.5. The lowest BCUT2D eigenvalue weighted by Crippen LogP contribution is -2.17. The Balaban J connectivity index is 1.98. The molecule has 1 aromatic heterocycles. The molecule has 1 saturated carbocycles. The van der Waals surface area contributed by atoms with Gasteiger partial charge in [-0.1, -0.05) is 12.8 Å². The van der Waals surface area contributed by atoms with Crippen LogP contribution in [0.4, 0.5) is 5.69 Å². The summed E-state index contributed by atoms with van der Waals surface area (Å²) >= 11 is 0. The first-order valence-corrected chi connectivity index (χ1v) is 7.42. The molecule has 0 radical (unpaired) electrons. The molecule has 1 heterocycles. The van der Waals surface area contributed by atoms with Crippen LogP contribution in [-0.4, -0.2) is 27.3 Å². The summed E-state index contributed by atoms with van der Waals surface area (Å²) in [5, 5.41) is 12.2. The number of nitrogen functional groups attached to an aromatic ring is 1. The van der Waals surface area contributed by atoms with E-state index in [9.17, 15) is 0 Å². The minimum atomic E-state index is 0.281. The van der Waals surface area contributed by atoms with Crippen LogP contribution in [0.3, 0.4) is 0 Å². The van der Waals surface area contributed by atoms with E-state index in [1.54, 1.807) is 7.11 Å². The summed E-state index contributed by atoms with van der Waals surface area (Å²) in [6.07, 6.45) is 5.09. The molecule has 21 heavy (non-hydrogen) atoms.